The van der Waals surface area contributed by atoms with E-state index in [2.05, 4.69) is 54.8 Å². The molecule has 116 valence electrons. The van der Waals surface area contributed by atoms with Crippen LogP contribution in [0.1, 0.15) is 56.2 Å². The monoisotopic (exact) mass is 304 g/mol. The van der Waals surface area contributed by atoms with Gasteiger partial charge in [0.2, 0.25) is 0 Å². The molecule has 1 saturated heterocycles. The van der Waals surface area contributed by atoms with Crippen LogP contribution in [0.25, 0.3) is 0 Å². The first-order valence-electron chi connectivity index (χ1n) is 8.27. The molecule has 2 aliphatic rings. The molecule has 1 atom stereocenters. The predicted octanol–water partition coefficient (Wildman–Crippen LogP) is 3.78. The van der Waals surface area contributed by atoms with Crippen molar-refractivity contribution in [1.82, 2.24) is 4.90 Å². The molecule has 1 saturated carbocycles. The van der Waals surface area contributed by atoms with Crippen LogP contribution in [0.4, 0.5) is 0 Å². The summed E-state index contributed by atoms with van der Waals surface area (Å²) in [7, 11) is 0. The van der Waals surface area contributed by atoms with Crippen molar-refractivity contribution in [3.8, 4) is 0 Å². The molecule has 2 nitrogen and oxygen atoms in total. The van der Waals surface area contributed by atoms with Gasteiger partial charge in [0.05, 0.1) is 0 Å². The van der Waals surface area contributed by atoms with Crippen LogP contribution >= 0.6 is 11.8 Å². The molecule has 1 unspecified atom stereocenters. The van der Waals surface area contributed by atoms with Gasteiger partial charge in [-0.1, -0.05) is 38.1 Å². The Morgan fingerprint density at radius 2 is 2.14 bits per heavy atom. The van der Waals surface area contributed by atoms with Crippen LogP contribution in [0, 0.1) is 0 Å². The molecule has 3 heteroatoms. The van der Waals surface area contributed by atoms with Gasteiger partial charge in [0.15, 0.2) is 0 Å². The molecular weight excluding hydrogens is 276 g/mol. The fraction of sp³-hybridized carbons (Fsp3) is 0.667. The summed E-state index contributed by atoms with van der Waals surface area (Å²) in [5.74, 6) is 2.04. The first-order valence-corrected chi connectivity index (χ1v) is 9.25. The maximum absolute atomic E-state index is 6.15. The molecule has 1 aliphatic carbocycles. The Bertz CT molecular complexity index is 482. The van der Waals surface area contributed by atoms with Gasteiger partial charge >= 0.3 is 0 Å². The van der Waals surface area contributed by atoms with E-state index < -0.39 is 0 Å². The highest BCUT2D eigenvalue weighted by Gasteiger charge is 2.29. The summed E-state index contributed by atoms with van der Waals surface area (Å²) in [5, 5.41) is 0. The van der Waals surface area contributed by atoms with E-state index in [1.165, 1.54) is 36.1 Å². The topological polar surface area (TPSA) is 29.3 Å². The van der Waals surface area contributed by atoms with E-state index in [9.17, 15) is 0 Å². The average molecular weight is 305 g/mol. The first kappa shape index (κ1) is 15.4. The molecule has 2 fully saturated rings. The molecule has 1 aromatic carbocycles. The van der Waals surface area contributed by atoms with E-state index in [1.54, 1.807) is 0 Å². The summed E-state index contributed by atoms with van der Waals surface area (Å²) in [5.41, 5.74) is 9.09. The Labute approximate surface area is 133 Å². The van der Waals surface area contributed by atoms with Gasteiger partial charge in [-0.3, -0.25) is 4.90 Å². The van der Waals surface area contributed by atoms with Gasteiger partial charge < -0.3 is 5.73 Å². The number of hydrogen-bond acceptors (Lipinski definition) is 3. The highest BCUT2D eigenvalue weighted by atomic mass is 32.2. The number of nitrogens with zero attached hydrogens (tertiary/aromatic N) is 1. The standard InChI is InChI=1S/C18H28N2S/c1-18(2)8-9-20(10-11-21-18)17(13-19)16-5-3-4-15(12-16)14-6-7-14/h3-5,12,14,17H,6-11,13,19H2,1-2H3. The molecule has 0 bridgehead atoms. The predicted molar refractivity (Wildman–Crippen MR) is 92.9 cm³/mol. The Balaban J connectivity index is 1.76. The molecule has 0 amide bonds. The number of benzene rings is 1. The van der Waals surface area contributed by atoms with E-state index in [0.717, 1.165) is 25.6 Å². The van der Waals surface area contributed by atoms with Crippen LogP contribution in [0.5, 0.6) is 0 Å². The molecule has 1 aromatic rings. The third-order valence-electron chi connectivity index (χ3n) is 4.88. The molecule has 2 N–H and O–H groups in total. The highest BCUT2D eigenvalue weighted by Crippen LogP contribution is 2.41. The normalized spacial score (nSPS) is 24.5. The van der Waals surface area contributed by atoms with Gasteiger partial charge in [-0.25, -0.2) is 0 Å². The van der Waals surface area contributed by atoms with E-state index in [4.69, 9.17) is 5.73 Å². The zero-order valence-corrected chi connectivity index (χ0v) is 14.2. The molecule has 0 spiro atoms. The van der Waals surface area contributed by atoms with Crippen molar-refractivity contribution in [1.29, 1.82) is 0 Å². The van der Waals surface area contributed by atoms with Gasteiger partial charge in [-0.2, -0.15) is 11.8 Å². The first-order chi connectivity index (χ1) is 10.1. The second-order valence-electron chi connectivity index (χ2n) is 7.09. The van der Waals surface area contributed by atoms with Crippen molar-refractivity contribution in [2.24, 2.45) is 5.73 Å². The Hall–Kier alpha value is -0.510. The number of nitrogens with two attached hydrogens (primary N) is 1. The molecule has 21 heavy (non-hydrogen) atoms. The summed E-state index contributed by atoms with van der Waals surface area (Å²) in [6.45, 7) is 7.77. The number of hydrogen-bond donors (Lipinski definition) is 1. The smallest absolute Gasteiger partial charge is 0.0470 e. The summed E-state index contributed by atoms with van der Waals surface area (Å²) < 4.78 is 0.407. The minimum atomic E-state index is 0.387. The fourth-order valence-corrected chi connectivity index (χ4v) is 4.39. The Morgan fingerprint density at radius 1 is 1.33 bits per heavy atom. The van der Waals surface area contributed by atoms with Crippen LogP contribution in [0.2, 0.25) is 0 Å². The lowest BCUT2D eigenvalue weighted by molar-refractivity contribution is 0.211. The SMILES string of the molecule is CC1(C)CCN(C(CN)c2cccc(C3CC3)c2)CCS1. The van der Waals surface area contributed by atoms with Gasteiger partial charge in [0, 0.05) is 36.2 Å². The average Bonchev–Trinajstić information content (AvgIpc) is 3.29. The summed E-state index contributed by atoms with van der Waals surface area (Å²) >= 11 is 2.10. The zero-order chi connectivity index (χ0) is 14.9. The van der Waals surface area contributed by atoms with Crippen molar-refractivity contribution in [2.45, 2.75) is 49.8 Å². The lowest BCUT2D eigenvalue weighted by atomic mass is 9.99. The van der Waals surface area contributed by atoms with E-state index >= 15 is 0 Å². The maximum Gasteiger partial charge on any atom is 0.0470 e. The van der Waals surface area contributed by atoms with E-state index in [-0.39, 0.29) is 0 Å². The second kappa shape index (κ2) is 6.31. The minimum Gasteiger partial charge on any atom is -0.329 e. The van der Waals surface area contributed by atoms with E-state index in [1.807, 2.05) is 0 Å². The molecule has 3 rings (SSSR count). The minimum absolute atomic E-state index is 0.387. The van der Waals surface area contributed by atoms with E-state index in [0.29, 0.717) is 10.8 Å². The van der Waals surface area contributed by atoms with Crippen LogP contribution in [0.3, 0.4) is 0 Å². The fourth-order valence-electron chi connectivity index (χ4n) is 3.28. The van der Waals surface area contributed by atoms with Crippen LogP contribution in [-0.4, -0.2) is 35.0 Å². The quantitative estimate of drug-likeness (QED) is 0.918. The van der Waals surface area contributed by atoms with Crippen molar-refractivity contribution in [2.75, 3.05) is 25.4 Å². The summed E-state index contributed by atoms with van der Waals surface area (Å²) in [6, 6.07) is 9.58. The van der Waals surface area contributed by atoms with Crippen LogP contribution in [0.15, 0.2) is 24.3 Å². The van der Waals surface area contributed by atoms with Crippen molar-refractivity contribution in [3.05, 3.63) is 35.4 Å². The van der Waals surface area contributed by atoms with Crippen molar-refractivity contribution in [3.63, 3.8) is 0 Å². The Morgan fingerprint density at radius 3 is 2.86 bits per heavy atom. The molecule has 0 radical (unpaired) electrons. The third-order valence-corrected chi connectivity index (χ3v) is 6.25. The second-order valence-corrected chi connectivity index (χ2v) is 8.89. The lowest BCUT2D eigenvalue weighted by Crippen LogP contribution is -2.36. The molecule has 0 aromatic heterocycles. The van der Waals surface area contributed by atoms with Gasteiger partial charge in [-0.15, -0.1) is 0 Å². The summed E-state index contributed by atoms with van der Waals surface area (Å²) in [6.07, 6.45) is 3.98. The number of rotatable bonds is 4. The number of thioether (sulfide) groups is 1. The molecular formula is C18H28N2S. The van der Waals surface area contributed by atoms with Gasteiger partial charge in [-0.05, 0) is 36.3 Å². The maximum atomic E-state index is 6.15. The zero-order valence-electron chi connectivity index (χ0n) is 13.3. The van der Waals surface area contributed by atoms with Crippen molar-refractivity contribution < 1.29 is 0 Å². The highest BCUT2D eigenvalue weighted by molar-refractivity contribution is 8.00. The van der Waals surface area contributed by atoms with Crippen molar-refractivity contribution >= 4 is 11.8 Å². The molecule has 1 heterocycles. The Kier molecular flexibility index (Phi) is 4.63. The largest absolute Gasteiger partial charge is 0.329 e. The van der Waals surface area contributed by atoms with Crippen LogP contribution < -0.4 is 5.73 Å². The summed E-state index contributed by atoms with van der Waals surface area (Å²) in [4.78, 5) is 2.60. The molecule has 1 aliphatic heterocycles. The van der Waals surface area contributed by atoms with Crippen LogP contribution in [-0.2, 0) is 0 Å². The lowest BCUT2D eigenvalue weighted by Gasteiger charge is -2.30. The third kappa shape index (κ3) is 3.82. The van der Waals surface area contributed by atoms with Gasteiger partial charge in [0.25, 0.3) is 0 Å². The van der Waals surface area contributed by atoms with Gasteiger partial charge in [0.1, 0.15) is 0 Å².